The van der Waals surface area contributed by atoms with Crippen LogP contribution in [0.3, 0.4) is 0 Å². The summed E-state index contributed by atoms with van der Waals surface area (Å²) in [5, 5.41) is 3.29. The van der Waals surface area contributed by atoms with E-state index in [1.54, 1.807) is 12.1 Å². The van der Waals surface area contributed by atoms with Crippen LogP contribution in [0.5, 0.6) is 0 Å². The van der Waals surface area contributed by atoms with Gasteiger partial charge in [0.15, 0.2) is 0 Å². The molecule has 0 radical (unpaired) electrons. The first kappa shape index (κ1) is 21.7. The van der Waals surface area contributed by atoms with Crippen LogP contribution in [0.25, 0.3) is 0 Å². The van der Waals surface area contributed by atoms with Crippen LogP contribution in [-0.4, -0.2) is 27.6 Å². The number of carbonyl (C=O) groups is 1. The Hall–Kier alpha value is -2.05. The second-order valence-electron chi connectivity index (χ2n) is 7.56. The van der Waals surface area contributed by atoms with Crippen molar-refractivity contribution in [3.8, 4) is 0 Å². The van der Waals surface area contributed by atoms with Gasteiger partial charge in [0.1, 0.15) is 0 Å². The van der Waals surface area contributed by atoms with E-state index in [4.69, 9.17) is 11.6 Å². The lowest BCUT2D eigenvalue weighted by molar-refractivity contribution is 0.0935. The number of hydrogen-bond acceptors (Lipinski definition) is 3. The van der Waals surface area contributed by atoms with Crippen LogP contribution in [0.2, 0.25) is 5.02 Å². The summed E-state index contributed by atoms with van der Waals surface area (Å²) in [6.07, 6.45) is 6.55. The largest absolute Gasteiger partial charge is 0.345 e. The van der Waals surface area contributed by atoms with Gasteiger partial charge in [-0.25, -0.2) is 8.42 Å². The van der Waals surface area contributed by atoms with Crippen LogP contribution in [0.4, 0.5) is 5.69 Å². The molecule has 0 spiro atoms. The maximum atomic E-state index is 12.8. The van der Waals surface area contributed by atoms with E-state index in [9.17, 15) is 13.2 Å². The van der Waals surface area contributed by atoms with Crippen LogP contribution in [0, 0.1) is 0 Å². The molecule has 29 heavy (non-hydrogen) atoms. The minimum atomic E-state index is -3.40. The monoisotopic (exact) mass is 434 g/mol. The number of halogens is 1. The molecule has 7 heteroatoms. The highest BCUT2D eigenvalue weighted by atomic mass is 35.5. The number of aryl methyl sites for hydroxylation is 2. The topological polar surface area (TPSA) is 66.5 Å². The van der Waals surface area contributed by atoms with E-state index in [-0.39, 0.29) is 17.0 Å². The highest BCUT2D eigenvalue weighted by Gasteiger charge is 2.20. The number of anilines is 1. The SMILES string of the molecule is CC[C@@H](NC(=O)c1ccc(N(C)S(C)(=O)=O)cc1Cl)c1ccc2c(c1)CCCC2. The second-order valence-corrected chi connectivity index (χ2v) is 9.99. The molecule has 1 amide bonds. The molecule has 1 atom stereocenters. The predicted molar refractivity (Wildman–Crippen MR) is 118 cm³/mol. The Morgan fingerprint density at radius 3 is 2.45 bits per heavy atom. The number of nitrogens with zero attached hydrogens (tertiary/aromatic N) is 1. The van der Waals surface area contributed by atoms with Crippen molar-refractivity contribution in [2.75, 3.05) is 17.6 Å². The second kappa shape index (κ2) is 8.76. The Bertz CT molecular complexity index is 1020. The first-order valence-electron chi connectivity index (χ1n) is 9.86. The van der Waals surface area contributed by atoms with Gasteiger partial charge < -0.3 is 5.32 Å². The van der Waals surface area contributed by atoms with Crippen molar-refractivity contribution in [1.82, 2.24) is 5.32 Å². The molecular weight excluding hydrogens is 408 g/mol. The molecule has 0 saturated heterocycles. The quantitative estimate of drug-likeness (QED) is 0.728. The van der Waals surface area contributed by atoms with E-state index >= 15 is 0 Å². The third-order valence-corrected chi connectivity index (χ3v) is 7.07. The summed E-state index contributed by atoms with van der Waals surface area (Å²) >= 11 is 6.30. The summed E-state index contributed by atoms with van der Waals surface area (Å²) in [5.74, 6) is -0.270. The van der Waals surface area contributed by atoms with Crippen molar-refractivity contribution in [1.29, 1.82) is 0 Å². The predicted octanol–water partition coefficient (Wildman–Crippen LogP) is 4.50. The number of carbonyl (C=O) groups excluding carboxylic acids is 1. The maximum absolute atomic E-state index is 12.8. The fourth-order valence-electron chi connectivity index (χ4n) is 3.70. The summed E-state index contributed by atoms with van der Waals surface area (Å²) in [6, 6.07) is 11.0. The van der Waals surface area contributed by atoms with Crippen molar-refractivity contribution in [2.24, 2.45) is 0 Å². The van der Waals surface area contributed by atoms with Gasteiger partial charge in [-0.05, 0) is 67.0 Å². The Morgan fingerprint density at radius 2 is 1.83 bits per heavy atom. The zero-order chi connectivity index (χ0) is 21.2. The molecule has 0 unspecified atom stereocenters. The minimum absolute atomic E-state index is 0.107. The van der Waals surface area contributed by atoms with Gasteiger partial charge in [0, 0.05) is 7.05 Å². The first-order chi connectivity index (χ1) is 13.7. The van der Waals surface area contributed by atoms with Crippen LogP contribution in [0.1, 0.15) is 59.3 Å². The highest BCUT2D eigenvalue weighted by molar-refractivity contribution is 7.92. The van der Waals surface area contributed by atoms with Gasteiger partial charge in [-0.15, -0.1) is 0 Å². The standard InChI is InChI=1S/C22H27ClN2O3S/c1-4-21(17-10-9-15-7-5-6-8-16(15)13-17)24-22(26)19-12-11-18(14-20(19)23)25(2)29(3,27)28/h9-14,21H,4-8H2,1-3H3,(H,24,26)/t21-/m1/s1. The molecule has 2 aromatic rings. The average Bonchev–Trinajstić information content (AvgIpc) is 2.70. The third kappa shape index (κ3) is 4.93. The van der Waals surface area contributed by atoms with Crippen molar-refractivity contribution < 1.29 is 13.2 Å². The molecule has 0 fully saturated rings. The lowest BCUT2D eigenvalue weighted by Crippen LogP contribution is -2.29. The van der Waals surface area contributed by atoms with E-state index in [1.165, 1.54) is 37.1 Å². The number of benzene rings is 2. The van der Waals surface area contributed by atoms with E-state index < -0.39 is 10.0 Å². The maximum Gasteiger partial charge on any atom is 0.253 e. The number of hydrogen-bond donors (Lipinski definition) is 1. The molecule has 0 bridgehead atoms. The molecule has 0 heterocycles. The van der Waals surface area contributed by atoms with Crippen LogP contribution in [0.15, 0.2) is 36.4 Å². The molecule has 0 aromatic heterocycles. The van der Waals surface area contributed by atoms with Crippen LogP contribution in [-0.2, 0) is 22.9 Å². The van der Waals surface area contributed by atoms with Crippen molar-refractivity contribution >= 4 is 33.2 Å². The Kier molecular flexibility index (Phi) is 6.54. The summed E-state index contributed by atoms with van der Waals surface area (Å²) in [4.78, 5) is 12.8. The van der Waals surface area contributed by atoms with Gasteiger partial charge in [-0.2, -0.15) is 0 Å². The van der Waals surface area contributed by atoms with Crippen LogP contribution < -0.4 is 9.62 Å². The molecule has 0 aliphatic heterocycles. The Labute approximate surface area is 178 Å². The zero-order valence-electron chi connectivity index (χ0n) is 17.0. The summed E-state index contributed by atoms with van der Waals surface area (Å²) < 4.78 is 24.5. The van der Waals surface area contributed by atoms with Crippen molar-refractivity contribution in [3.05, 3.63) is 63.7 Å². The molecule has 1 aliphatic carbocycles. The number of rotatable bonds is 6. The Balaban J connectivity index is 1.79. The fourth-order valence-corrected chi connectivity index (χ4v) is 4.46. The summed E-state index contributed by atoms with van der Waals surface area (Å²) in [5.41, 5.74) is 4.64. The number of sulfonamides is 1. The lowest BCUT2D eigenvalue weighted by Gasteiger charge is -2.22. The third-order valence-electron chi connectivity index (χ3n) is 5.55. The highest BCUT2D eigenvalue weighted by Crippen LogP contribution is 2.28. The van der Waals surface area contributed by atoms with Crippen LogP contribution >= 0.6 is 11.6 Å². The van der Waals surface area contributed by atoms with Gasteiger partial charge >= 0.3 is 0 Å². The van der Waals surface area contributed by atoms with E-state index in [1.807, 2.05) is 6.92 Å². The molecule has 156 valence electrons. The van der Waals surface area contributed by atoms with Gasteiger partial charge in [-0.3, -0.25) is 9.10 Å². The van der Waals surface area contributed by atoms with E-state index in [2.05, 4.69) is 23.5 Å². The number of amides is 1. The molecule has 2 aromatic carbocycles. The normalized spacial score (nSPS) is 14.8. The average molecular weight is 435 g/mol. The smallest absolute Gasteiger partial charge is 0.253 e. The van der Waals surface area contributed by atoms with Gasteiger partial charge in [0.25, 0.3) is 5.91 Å². The Morgan fingerprint density at radius 1 is 1.14 bits per heavy atom. The molecule has 3 rings (SSSR count). The molecule has 1 N–H and O–H groups in total. The number of fused-ring (bicyclic) bond motifs is 1. The molecular formula is C22H27ClN2O3S. The first-order valence-corrected chi connectivity index (χ1v) is 12.1. The van der Waals surface area contributed by atoms with Crippen molar-refractivity contribution in [3.63, 3.8) is 0 Å². The van der Waals surface area contributed by atoms with Gasteiger partial charge in [0.05, 0.1) is 28.6 Å². The summed E-state index contributed by atoms with van der Waals surface area (Å²) in [6.45, 7) is 2.04. The minimum Gasteiger partial charge on any atom is -0.345 e. The molecule has 1 aliphatic rings. The van der Waals surface area contributed by atoms with E-state index in [0.29, 0.717) is 11.3 Å². The molecule has 5 nitrogen and oxygen atoms in total. The van der Waals surface area contributed by atoms with Gasteiger partial charge in [0.2, 0.25) is 10.0 Å². The van der Waals surface area contributed by atoms with Gasteiger partial charge in [-0.1, -0.05) is 36.7 Å². The fraction of sp³-hybridized carbons (Fsp3) is 0.409. The lowest BCUT2D eigenvalue weighted by atomic mass is 9.88. The summed E-state index contributed by atoms with van der Waals surface area (Å²) in [7, 11) is -1.95. The number of nitrogens with one attached hydrogen (secondary N) is 1. The zero-order valence-corrected chi connectivity index (χ0v) is 18.6. The molecule has 0 saturated carbocycles. The van der Waals surface area contributed by atoms with Crippen molar-refractivity contribution in [2.45, 2.75) is 45.1 Å². The van der Waals surface area contributed by atoms with E-state index in [0.717, 1.165) is 35.4 Å².